The molecule has 1 aromatic carbocycles. The summed E-state index contributed by atoms with van der Waals surface area (Å²) in [5.41, 5.74) is 0.389. The van der Waals surface area contributed by atoms with Crippen LogP contribution in [0, 0.1) is 17.6 Å². The first-order valence-electron chi connectivity index (χ1n) is 6.02. The maximum Gasteiger partial charge on any atom is 0.149 e. The van der Waals surface area contributed by atoms with Gasteiger partial charge >= 0.3 is 0 Å². The van der Waals surface area contributed by atoms with E-state index in [2.05, 4.69) is 17.3 Å². The normalized spacial score (nSPS) is 21.5. The fraction of sp³-hybridized carbons (Fsp3) is 0.538. The van der Waals surface area contributed by atoms with E-state index in [0.717, 1.165) is 25.7 Å². The monoisotopic (exact) mass is 240 g/mol. The Morgan fingerprint density at radius 3 is 2.94 bits per heavy atom. The minimum atomic E-state index is -0.537. The Kier molecular flexibility index (Phi) is 3.94. The predicted molar refractivity (Wildman–Crippen MR) is 65.1 cm³/mol. The molecule has 1 atom stereocenters. The molecule has 0 radical (unpaired) electrons. The number of likely N-dealkylation sites (tertiary alicyclic amines) is 1. The molecule has 1 aliphatic heterocycles. The van der Waals surface area contributed by atoms with E-state index in [0.29, 0.717) is 11.6 Å². The van der Waals surface area contributed by atoms with Gasteiger partial charge in [-0.1, -0.05) is 0 Å². The molecule has 1 N–H and O–H groups in total. The van der Waals surface area contributed by atoms with Gasteiger partial charge in [-0.25, -0.2) is 8.78 Å². The van der Waals surface area contributed by atoms with Gasteiger partial charge in [0.15, 0.2) is 0 Å². The first-order chi connectivity index (χ1) is 8.15. The SMILES string of the molecule is CN1CCCC(CNc2ccc(F)cc2F)C1. The molecule has 0 spiro atoms. The third-order valence-electron chi connectivity index (χ3n) is 3.23. The summed E-state index contributed by atoms with van der Waals surface area (Å²) >= 11 is 0. The average molecular weight is 240 g/mol. The van der Waals surface area contributed by atoms with Crippen LogP contribution in [0.1, 0.15) is 12.8 Å². The average Bonchev–Trinajstić information content (AvgIpc) is 2.28. The highest BCUT2D eigenvalue weighted by Crippen LogP contribution is 2.18. The highest BCUT2D eigenvalue weighted by atomic mass is 19.1. The van der Waals surface area contributed by atoms with Gasteiger partial charge in [0.05, 0.1) is 5.69 Å². The molecule has 0 bridgehead atoms. The molecule has 1 aromatic rings. The smallest absolute Gasteiger partial charge is 0.149 e. The van der Waals surface area contributed by atoms with Crippen molar-refractivity contribution < 1.29 is 8.78 Å². The van der Waals surface area contributed by atoms with Crippen LogP contribution in [0.15, 0.2) is 18.2 Å². The second-order valence-corrected chi connectivity index (χ2v) is 4.78. The summed E-state index contributed by atoms with van der Waals surface area (Å²) in [6.07, 6.45) is 2.36. The quantitative estimate of drug-likeness (QED) is 0.874. The summed E-state index contributed by atoms with van der Waals surface area (Å²) in [7, 11) is 2.10. The van der Waals surface area contributed by atoms with E-state index in [4.69, 9.17) is 0 Å². The van der Waals surface area contributed by atoms with Gasteiger partial charge < -0.3 is 10.2 Å². The second kappa shape index (κ2) is 5.45. The van der Waals surface area contributed by atoms with Crippen LogP contribution in [0.25, 0.3) is 0 Å². The number of piperidine rings is 1. The van der Waals surface area contributed by atoms with Crippen LogP contribution in [0.2, 0.25) is 0 Å². The molecule has 0 aromatic heterocycles. The lowest BCUT2D eigenvalue weighted by Crippen LogP contribution is -2.35. The Hall–Kier alpha value is -1.16. The van der Waals surface area contributed by atoms with Crippen LogP contribution in [0.4, 0.5) is 14.5 Å². The first-order valence-corrected chi connectivity index (χ1v) is 6.02. The number of nitrogens with one attached hydrogen (secondary N) is 1. The van der Waals surface area contributed by atoms with Crippen molar-refractivity contribution >= 4 is 5.69 Å². The van der Waals surface area contributed by atoms with E-state index in [1.54, 1.807) is 0 Å². The molecule has 4 heteroatoms. The predicted octanol–water partition coefficient (Wildman–Crippen LogP) is 2.72. The highest BCUT2D eigenvalue weighted by Gasteiger charge is 2.17. The minimum absolute atomic E-state index is 0.389. The van der Waals surface area contributed by atoms with Crippen LogP contribution in [0.3, 0.4) is 0 Å². The summed E-state index contributed by atoms with van der Waals surface area (Å²) in [6.45, 7) is 2.92. The molecule has 0 aliphatic carbocycles. The van der Waals surface area contributed by atoms with E-state index >= 15 is 0 Å². The van der Waals surface area contributed by atoms with E-state index < -0.39 is 11.6 Å². The molecule has 1 fully saturated rings. The number of nitrogens with zero attached hydrogens (tertiary/aromatic N) is 1. The van der Waals surface area contributed by atoms with Crippen molar-refractivity contribution in [3.05, 3.63) is 29.8 Å². The second-order valence-electron chi connectivity index (χ2n) is 4.78. The number of hydrogen-bond acceptors (Lipinski definition) is 2. The molecule has 94 valence electrons. The molecule has 0 saturated carbocycles. The van der Waals surface area contributed by atoms with E-state index in [1.807, 2.05) is 0 Å². The van der Waals surface area contributed by atoms with Crippen LogP contribution in [-0.4, -0.2) is 31.6 Å². The number of anilines is 1. The molecule has 1 heterocycles. The number of rotatable bonds is 3. The fourth-order valence-electron chi connectivity index (χ4n) is 2.33. The molecule has 17 heavy (non-hydrogen) atoms. The molecule has 2 rings (SSSR count). The van der Waals surface area contributed by atoms with E-state index in [9.17, 15) is 8.78 Å². The van der Waals surface area contributed by atoms with Crippen LogP contribution in [0.5, 0.6) is 0 Å². The van der Waals surface area contributed by atoms with Crippen LogP contribution < -0.4 is 5.32 Å². The van der Waals surface area contributed by atoms with Gasteiger partial charge in [-0.3, -0.25) is 0 Å². The standard InChI is InChI=1S/C13H18F2N2/c1-17-6-2-3-10(9-17)8-16-13-5-4-11(14)7-12(13)15/h4-5,7,10,16H,2-3,6,8-9H2,1H3. The minimum Gasteiger partial charge on any atom is -0.382 e. The molecular formula is C13H18F2N2. The first kappa shape index (κ1) is 12.3. The largest absolute Gasteiger partial charge is 0.382 e. The van der Waals surface area contributed by atoms with E-state index in [-0.39, 0.29) is 0 Å². The van der Waals surface area contributed by atoms with Gasteiger partial charge in [-0.05, 0) is 44.5 Å². The molecule has 1 saturated heterocycles. The van der Waals surface area contributed by atoms with Crippen LogP contribution in [-0.2, 0) is 0 Å². The van der Waals surface area contributed by atoms with E-state index in [1.165, 1.54) is 25.0 Å². The molecular weight excluding hydrogens is 222 g/mol. The van der Waals surface area contributed by atoms with Crippen molar-refractivity contribution in [1.29, 1.82) is 0 Å². The van der Waals surface area contributed by atoms with Crippen molar-refractivity contribution in [3.63, 3.8) is 0 Å². The third kappa shape index (κ3) is 3.40. The third-order valence-corrected chi connectivity index (χ3v) is 3.23. The van der Waals surface area contributed by atoms with Gasteiger partial charge in [0.1, 0.15) is 11.6 Å². The summed E-state index contributed by atoms with van der Waals surface area (Å²) in [6, 6.07) is 3.64. The maximum absolute atomic E-state index is 13.4. The lowest BCUT2D eigenvalue weighted by molar-refractivity contribution is 0.217. The lowest BCUT2D eigenvalue weighted by atomic mass is 9.98. The van der Waals surface area contributed by atoms with Crippen molar-refractivity contribution in [1.82, 2.24) is 4.90 Å². The van der Waals surface area contributed by atoms with Crippen molar-refractivity contribution in [2.24, 2.45) is 5.92 Å². The Morgan fingerprint density at radius 2 is 2.24 bits per heavy atom. The molecule has 0 amide bonds. The van der Waals surface area contributed by atoms with Crippen molar-refractivity contribution in [3.8, 4) is 0 Å². The number of hydrogen-bond donors (Lipinski definition) is 1. The van der Waals surface area contributed by atoms with Gasteiger partial charge in [-0.15, -0.1) is 0 Å². The van der Waals surface area contributed by atoms with Gasteiger partial charge in [-0.2, -0.15) is 0 Å². The van der Waals surface area contributed by atoms with Gasteiger partial charge in [0, 0.05) is 19.2 Å². The van der Waals surface area contributed by atoms with Crippen molar-refractivity contribution in [2.45, 2.75) is 12.8 Å². The zero-order chi connectivity index (χ0) is 12.3. The Balaban J connectivity index is 1.88. The molecule has 1 aliphatic rings. The summed E-state index contributed by atoms with van der Waals surface area (Å²) in [5.74, 6) is -0.516. The van der Waals surface area contributed by atoms with Gasteiger partial charge in [0.2, 0.25) is 0 Å². The molecule has 2 nitrogen and oxygen atoms in total. The van der Waals surface area contributed by atoms with Crippen LogP contribution >= 0.6 is 0 Å². The Labute approximate surface area is 101 Å². The summed E-state index contributed by atoms with van der Waals surface area (Å²) in [4.78, 5) is 2.29. The Morgan fingerprint density at radius 1 is 1.41 bits per heavy atom. The molecule has 1 unspecified atom stereocenters. The zero-order valence-electron chi connectivity index (χ0n) is 10.0. The lowest BCUT2D eigenvalue weighted by Gasteiger charge is -2.30. The zero-order valence-corrected chi connectivity index (χ0v) is 10.0. The highest BCUT2D eigenvalue weighted by molar-refractivity contribution is 5.44. The van der Waals surface area contributed by atoms with Crippen molar-refractivity contribution in [2.75, 3.05) is 32.0 Å². The number of halogens is 2. The summed E-state index contributed by atoms with van der Waals surface area (Å²) in [5, 5.41) is 3.06. The number of benzene rings is 1. The fourth-order valence-corrected chi connectivity index (χ4v) is 2.33. The summed E-state index contributed by atoms with van der Waals surface area (Å²) < 4.78 is 26.1. The Bertz CT molecular complexity index is 382. The maximum atomic E-state index is 13.4. The van der Waals surface area contributed by atoms with Gasteiger partial charge in [0.25, 0.3) is 0 Å². The topological polar surface area (TPSA) is 15.3 Å².